The van der Waals surface area contributed by atoms with E-state index in [0.29, 0.717) is 87.5 Å². The Hall–Kier alpha value is -12.8. The first kappa shape index (κ1) is 82.7. The Labute approximate surface area is 691 Å². The van der Waals surface area contributed by atoms with E-state index in [-0.39, 0.29) is 53.3 Å². The van der Waals surface area contributed by atoms with Crippen molar-refractivity contribution in [1.82, 2.24) is 39.9 Å². The summed E-state index contributed by atoms with van der Waals surface area (Å²) >= 11 is 0. The van der Waals surface area contributed by atoms with Crippen molar-refractivity contribution in [2.75, 3.05) is 21.3 Å². The number of aryl methyl sites for hydroxylation is 14. The van der Waals surface area contributed by atoms with Gasteiger partial charge in [0.25, 0.3) is 0 Å². The summed E-state index contributed by atoms with van der Waals surface area (Å²) in [5, 5.41) is 14.2. The molecule has 20 heteroatoms. The summed E-state index contributed by atoms with van der Waals surface area (Å²) in [4.78, 5) is 88.9. The number of carbonyl (C=O) groups is 4. The second-order valence-corrected chi connectivity index (χ2v) is 30.5. The number of aromatic nitrogens is 8. The Balaban J connectivity index is 0.000000130. The molecule has 17 rings (SSSR count). The zero-order chi connectivity index (χ0) is 82.7. The molecule has 13 aromatic rings. The van der Waals surface area contributed by atoms with Crippen molar-refractivity contribution in [1.29, 1.82) is 0 Å². The molecule has 4 aliphatic carbocycles. The Morgan fingerprint density at radius 3 is 0.958 bits per heavy atom. The summed E-state index contributed by atoms with van der Waals surface area (Å²) in [6.07, 6.45) is 15.9. The van der Waals surface area contributed by atoms with Crippen molar-refractivity contribution in [3.05, 3.63) is 320 Å². The highest BCUT2D eigenvalue weighted by Crippen LogP contribution is 2.39. The first-order chi connectivity index (χ1) is 58.0. The third kappa shape index (κ3) is 21.1. The average Bonchev–Trinajstić information content (AvgIpc) is 0.787. The van der Waals surface area contributed by atoms with Gasteiger partial charge in [0.2, 0.25) is 23.6 Å². The van der Waals surface area contributed by atoms with E-state index in [4.69, 9.17) is 39.9 Å². The van der Waals surface area contributed by atoms with Gasteiger partial charge in [0.1, 0.15) is 23.3 Å². The number of benzene rings is 9. The van der Waals surface area contributed by atoms with Gasteiger partial charge in [-0.3, -0.25) is 19.2 Å². The molecule has 0 saturated heterocycles. The summed E-state index contributed by atoms with van der Waals surface area (Å²) in [5.41, 5.74) is 21.7. The van der Waals surface area contributed by atoms with E-state index in [0.717, 1.165) is 217 Å². The van der Waals surface area contributed by atoms with Crippen LogP contribution in [0.25, 0.3) is 55.8 Å². The fourth-order valence-electron chi connectivity index (χ4n) is 15.7. The second kappa shape index (κ2) is 39.4. The lowest BCUT2D eigenvalue weighted by atomic mass is 9.91. The van der Waals surface area contributed by atoms with Gasteiger partial charge in [-0.2, -0.15) is 0 Å². The second-order valence-electron chi connectivity index (χ2n) is 30.5. The molecule has 0 saturated carbocycles. The Kier molecular flexibility index (Phi) is 27.4. The third-order valence-electron chi connectivity index (χ3n) is 21.5. The van der Waals surface area contributed by atoms with Gasteiger partial charge < -0.3 is 21.3 Å². The van der Waals surface area contributed by atoms with E-state index in [1.807, 2.05) is 103 Å². The van der Waals surface area contributed by atoms with E-state index >= 15 is 0 Å². The van der Waals surface area contributed by atoms with Gasteiger partial charge in [0, 0.05) is 35.1 Å². The molecule has 4 N–H and O–H groups in total. The maximum Gasteiger partial charge on any atom is 0.229 e. The van der Waals surface area contributed by atoms with Crippen molar-refractivity contribution in [2.24, 2.45) is 0 Å². The number of anilines is 4. The van der Waals surface area contributed by atoms with Crippen LogP contribution in [0.4, 0.5) is 40.8 Å². The summed E-state index contributed by atoms with van der Waals surface area (Å²) in [7, 11) is 0. The zero-order valence-corrected chi connectivity index (χ0v) is 67.6. The predicted octanol–water partition coefficient (Wildman–Crippen LogP) is 20.4. The fourth-order valence-corrected chi connectivity index (χ4v) is 15.7. The van der Waals surface area contributed by atoms with Gasteiger partial charge in [-0.05, 0) is 224 Å². The van der Waals surface area contributed by atoms with E-state index in [1.165, 1.54) is 29.8 Å². The highest BCUT2D eigenvalue weighted by atomic mass is 19.1. The normalized spacial score (nSPS) is 12.2. The minimum atomic E-state index is -0.230. The number of amides is 4. The molecule has 0 unspecified atom stereocenters. The van der Waals surface area contributed by atoms with Crippen LogP contribution in [-0.2, 0) is 122 Å². The lowest BCUT2D eigenvalue weighted by molar-refractivity contribution is -0.117. The molecule has 9 aromatic carbocycles. The molecular weight excluding hydrogens is 1500 g/mol. The number of hydrogen-bond donors (Lipinski definition) is 4. The number of hydrogen-bond acceptors (Lipinski definition) is 12. The topological polar surface area (TPSA) is 220 Å². The number of rotatable bonds is 23. The maximum atomic E-state index is 13.7. The minimum absolute atomic E-state index is 0.0317. The molecule has 4 heterocycles. The smallest absolute Gasteiger partial charge is 0.229 e. The number of nitrogens with zero attached hydrogens (tertiary/aromatic N) is 8. The third-order valence-corrected chi connectivity index (χ3v) is 21.5. The van der Waals surface area contributed by atoms with Crippen molar-refractivity contribution in [3.63, 3.8) is 0 Å². The quantitative estimate of drug-likeness (QED) is 0.0440. The van der Waals surface area contributed by atoms with Crippen LogP contribution in [0.3, 0.4) is 0 Å². The van der Waals surface area contributed by atoms with Crippen molar-refractivity contribution in [3.8, 4) is 45.0 Å². The number of halogens is 4. The lowest BCUT2D eigenvalue weighted by Gasteiger charge is -2.21. The van der Waals surface area contributed by atoms with Crippen molar-refractivity contribution in [2.45, 2.75) is 175 Å². The first-order valence-electron chi connectivity index (χ1n) is 41.5. The van der Waals surface area contributed by atoms with Gasteiger partial charge in [-0.15, -0.1) is 0 Å². The summed E-state index contributed by atoms with van der Waals surface area (Å²) in [6.45, 7) is 8.30. The molecule has 0 spiro atoms. The monoisotopic (exact) mass is 1590 g/mol. The molecule has 0 fully saturated rings. The van der Waals surface area contributed by atoms with Crippen LogP contribution in [-0.4, -0.2) is 63.5 Å². The fraction of sp³-hybridized carbons (Fsp3) is 0.273. The molecule has 4 amide bonds. The SMILES string of the molecule is CCCc1nc2c(nc1NC(=O)CCCc1ccccc1)CCc1cc(F)ccc1-2.CCCc1nc2c(nc1NC(=O)CCc1ccccc1)CCc1cc(F)ccc1-2.CCCc1nc2c(nc1NC(=O)Cc1ccc3ccccc3c1)CCc1cc(F)ccc1-2.CCCc1nc2c(nc1NC(=O)Cc1ccccc1)CCc1cc(F)ccc1-2. The van der Waals surface area contributed by atoms with Crippen LogP contribution < -0.4 is 21.3 Å². The van der Waals surface area contributed by atoms with E-state index in [2.05, 4.69) is 79.3 Å². The van der Waals surface area contributed by atoms with Crippen molar-refractivity contribution < 1.29 is 36.7 Å². The molecule has 16 nitrogen and oxygen atoms in total. The standard InChI is InChI=1S/C27H24FN3O.C25H26FN3O.C24H24FN3O.C23H22FN3O/c1-2-5-24-27(30-23-13-10-20-16-21(28)11-12-22(20)26(23)29-24)31-25(32)15-17-8-9-18-6-3-4-7-19(18)14-17;1-2-7-22-25(29-23(30)11-6-10-17-8-4-3-5-9-17)28-21-15-12-18-16-19(26)13-14-20(18)24(21)27-22;1-2-6-21-24(28-22(29)14-9-16-7-4-3-5-8-16)27-20-13-10-17-15-18(25)11-12-19(17)23(20)26-21;1-2-6-20-23(27-21(28)13-15-7-4-3-5-8-15)26-19-12-9-16-14-17(24)10-11-18(16)22(19)25-20/h3-4,6-9,11-12,14,16H,2,5,10,13,15H2,1H3,(H,30,31,32);3-5,8-9,13-14,16H,2,6-7,10-12,15H2,1H3,(H,28,29,30);3-5,7-8,11-12,15H,2,6,9-10,13-14H2,1H3,(H,27,28,29);3-5,7-8,10-11,14H,2,6,9,12-13H2,1H3,(H,26,27,28). The van der Waals surface area contributed by atoms with Gasteiger partial charge in [-0.25, -0.2) is 57.4 Å². The lowest BCUT2D eigenvalue weighted by Crippen LogP contribution is -2.19. The van der Waals surface area contributed by atoms with Crippen LogP contribution in [0.2, 0.25) is 0 Å². The number of fused-ring (bicyclic) bond motifs is 13. The molecule has 604 valence electrons. The van der Waals surface area contributed by atoms with Gasteiger partial charge in [0.05, 0.1) is 81.2 Å². The Morgan fingerprint density at radius 2 is 0.597 bits per heavy atom. The van der Waals surface area contributed by atoms with Crippen LogP contribution in [0, 0.1) is 23.3 Å². The summed E-state index contributed by atoms with van der Waals surface area (Å²) in [6, 6.07) is 63.3. The Bertz CT molecular complexity index is 5850. The Morgan fingerprint density at radius 1 is 0.286 bits per heavy atom. The van der Waals surface area contributed by atoms with E-state index in [1.54, 1.807) is 48.5 Å². The molecular formula is C99H96F4N12O4. The molecule has 0 radical (unpaired) electrons. The van der Waals surface area contributed by atoms with E-state index < -0.39 is 0 Å². The molecule has 0 atom stereocenters. The minimum Gasteiger partial charge on any atom is -0.309 e. The number of carbonyl (C=O) groups excluding carboxylic acids is 4. The highest BCUT2D eigenvalue weighted by molar-refractivity contribution is 5.95. The van der Waals surface area contributed by atoms with E-state index in [9.17, 15) is 36.7 Å². The van der Waals surface area contributed by atoms with Gasteiger partial charge in [-0.1, -0.05) is 187 Å². The van der Waals surface area contributed by atoms with Crippen LogP contribution >= 0.6 is 0 Å². The van der Waals surface area contributed by atoms with Crippen molar-refractivity contribution >= 4 is 57.7 Å². The average molecular weight is 1590 g/mol. The summed E-state index contributed by atoms with van der Waals surface area (Å²) < 4.78 is 54.4. The predicted molar refractivity (Wildman–Crippen MR) is 462 cm³/mol. The molecule has 4 aromatic heterocycles. The van der Waals surface area contributed by atoms with Gasteiger partial charge >= 0.3 is 0 Å². The van der Waals surface area contributed by atoms with Gasteiger partial charge in [0.15, 0.2) is 23.3 Å². The van der Waals surface area contributed by atoms with Crippen LogP contribution in [0.5, 0.6) is 0 Å². The van der Waals surface area contributed by atoms with Crippen LogP contribution in [0.15, 0.2) is 206 Å². The molecule has 4 aliphatic rings. The first-order valence-corrected chi connectivity index (χ1v) is 41.5. The largest absolute Gasteiger partial charge is 0.309 e. The molecule has 119 heavy (non-hydrogen) atoms. The number of nitrogens with one attached hydrogen (secondary N) is 4. The molecule has 0 bridgehead atoms. The summed E-state index contributed by atoms with van der Waals surface area (Å²) in [5.74, 6) is 1.03. The molecule has 0 aliphatic heterocycles. The maximum absolute atomic E-state index is 13.7. The highest BCUT2D eigenvalue weighted by Gasteiger charge is 2.28. The zero-order valence-electron chi connectivity index (χ0n) is 67.6. The van der Waals surface area contributed by atoms with Crippen LogP contribution in [0.1, 0.15) is 163 Å².